The summed E-state index contributed by atoms with van der Waals surface area (Å²) >= 11 is 0.387. The molecule has 8 rings (SSSR count). The van der Waals surface area contributed by atoms with Crippen molar-refractivity contribution in [3.8, 4) is 22.4 Å². The van der Waals surface area contributed by atoms with Gasteiger partial charge in [0.05, 0.1) is 0 Å². The predicted molar refractivity (Wildman–Crippen MR) is 151 cm³/mol. The van der Waals surface area contributed by atoms with E-state index in [1.165, 1.54) is 30.4 Å². The molecule has 4 aromatic carbocycles. The normalized spacial score (nSPS) is 11.9. The number of pyridine rings is 2. The average Bonchev–Trinajstić information content (AvgIpc) is 3.51. The number of imidazole rings is 1. The fraction of sp³-hybridized carbons (Fsp3) is 0. The van der Waals surface area contributed by atoms with E-state index >= 15 is 0 Å². The maximum absolute atomic E-state index is 5.19. The first-order chi connectivity index (χ1) is 17.8. The molecular formula is C32H19N3Se. The van der Waals surface area contributed by atoms with Crippen molar-refractivity contribution >= 4 is 61.4 Å². The van der Waals surface area contributed by atoms with Gasteiger partial charge < -0.3 is 0 Å². The van der Waals surface area contributed by atoms with E-state index in [4.69, 9.17) is 9.97 Å². The SMILES string of the molecule is c1cc(-c2ccc3[se]c4ccccc4c3c2)cc(-c2nc3c(nc4ccccn43)c3ccccc23)c1. The molecule has 3 nitrogen and oxygen atoms in total. The van der Waals surface area contributed by atoms with Crippen LogP contribution in [0.15, 0.2) is 115 Å². The van der Waals surface area contributed by atoms with Crippen LogP contribution in [0.4, 0.5) is 0 Å². The standard InChI is InChI=1S/C32H19N3Se/c1-2-12-25-24(11-1)30(34-32-31(25)33-29-14-5-6-17-35(29)32)22-9-7-8-20(18-22)21-15-16-28-26(19-21)23-10-3-4-13-27(23)36-28/h1-19H. The summed E-state index contributed by atoms with van der Waals surface area (Å²) in [5, 5.41) is 5.01. The Morgan fingerprint density at radius 1 is 0.528 bits per heavy atom. The summed E-state index contributed by atoms with van der Waals surface area (Å²) in [5.74, 6) is 0. The molecule has 0 bridgehead atoms. The van der Waals surface area contributed by atoms with Gasteiger partial charge in [-0.2, -0.15) is 0 Å². The molecule has 0 spiro atoms. The molecule has 0 saturated carbocycles. The minimum atomic E-state index is 0.387. The maximum atomic E-state index is 5.19. The van der Waals surface area contributed by atoms with Crippen molar-refractivity contribution in [1.29, 1.82) is 0 Å². The van der Waals surface area contributed by atoms with Gasteiger partial charge >= 0.3 is 195 Å². The molecule has 8 aromatic rings. The van der Waals surface area contributed by atoms with E-state index in [1.54, 1.807) is 0 Å². The second-order valence-electron chi connectivity index (χ2n) is 9.11. The first-order valence-corrected chi connectivity index (χ1v) is 13.7. The van der Waals surface area contributed by atoms with E-state index in [-0.39, 0.29) is 0 Å². The summed E-state index contributed by atoms with van der Waals surface area (Å²) in [4.78, 5) is 10.1. The molecule has 0 amide bonds. The van der Waals surface area contributed by atoms with Crippen molar-refractivity contribution in [3.63, 3.8) is 0 Å². The van der Waals surface area contributed by atoms with Gasteiger partial charge in [0.15, 0.2) is 0 Å². The number of benzene rings is 4. The second-order valence-corrected chi connectivity index (χ2v) is 11.4. The van der Waals surface area contributed by atoms with Crippen LogP contribution < -0.4 is 0 Å². The first-order valence-electron chi connectivity index (χ1n) is 12.0. The second kappa shape index (κ2) is 7.63. The third kappa shape index (κ3) is 2.92. The molecule has 4 heteroatoms. The molecule has 0 fully saturated rings. The van der Waals surface area contributed by atoms with Crippen molar-refractivity contribution in [2.45, 2.75) is 0 Å². The van der Waals surface area contributed by atoms with E-state index in [2.05, 4.69) is 95.4 Å². The fourth-order valence-corrected chi connectivity index (χ4v) is 7.58. The summed E-state index contributed by atoms with van der Waals surface area (Å²) in [6, 6.07) is 39.1. The molecule has 0 saturated heterocycles. The Kier molecular flexibility index (Phi) is 4.24. The summed E-state index contributed by atoms with van der Waals surface area (Å²) in [6.07, 6.45) is 2.04. The zero-order valence-corrected chi connectivity index (χ0v) is 20.9. The van der Waals surface area contributed by atoms with Crippen LogP contribution in [-0.2, 0) is 0 Å². The van der Waals surface area contributed by atoms with Crippen LogP contribution in [0.1, 0.15) is 0 Å². The van der Waals surface area contributed by atoms with Gasteiger partial charge in [-0.05, 0) is 12.1 Å². The first kappa shape index (κ1) is 20.0. The summed E-state index contributed by atoms with van der Waals surface area (Å²) < 4.78 is 5.02. The molecule has 4 aromatic heterocycles. The Balaban J connectivity index is 1.36. The van der Waals surface area contributed by atoms with Crippen molar-refractivity contribution < 1.29 is 0 Å². The molecule has 0 atom stereocenters. The van der Waals surface area contributed by atoms with E-state index < -0.39 is 0 Å². The summed E-state index contributed by atoms with van der Waals surface area (Å²) in [6.45, 7) is 0. The molecule has 0 N–H and O–H groups in total. The topological polar surface area (TPSA) is 30.2 Å². The van der Waals surface area contributed by atoms with Crippen molar-refractivity contribution in [1.82, 2.24) is 14.4 Å². The van der Waals surface area contributed by atoms with E-state index in [0.717, 1.165) is 38.8 Å². The van der Waals surface area contributed by atoms with Crippen LogP contribution in [0.5, 0.6) is 0 Å². The molecule has 168 valence electrons. The van der Waals surface area contributed by atoms with Crippen molar-refractivity contribution in [3.05, 3.63) is 115 Å². The molecule has 36 heavy (non-hydrogen) atoms. The minimum absolute atomic E-state index is 0.387. The van der Waals surface area contributed by atoms with Gasteiger partial charge in [-0.25, -0.2) is 0 Å². The van der Waals surface area contributed by atoms with Crippen molar-refractivity contribution in [2.75, 3.05) is 0 Å². The molecule has 0 aliphatic carbocycles. The number of aromatic nitrogens is 3. The molecule has 0 aliphatic heterocycles. The van der Waals surface area contributed by atoms with E-state index in [9.17, 15) is 0 Å². The summed E-state index contributed by atoms with van der Waals surface area (Å²) in [7, 11) is 0. The quantitative estimate of drug-likeness (QED) is 0.217. The van der Waals surface area contributed by atoms with Crippen LogP contribution >= 0.6 is 0 Å². The third-order valence-corrected chi connectivity index (χ3v) is 9.42. The zero-order valence-electron chi connectivity index (χ0n) is 19.2. The number of hydrogen-bond acceptors (Lipinski definition) is 2. The van der Waals surface area contributed by atoms with Crippen LogP contribution in [0.2, 0.25) is 0 Å². The Labute approximate surface area is 213 Å². The van der Waals surface area contributed by atoms with Crippen LogP contribution in [0, 0.1) is 0 Å². The summed E-state index contributed by atoms with van der Waals surface area (Å²) in [5.41, 5.74) is 7.29. The molecule has 4 heterocycles. The number of hydrogen-bond donors (Lipinski definition) is 0. The molecular weight excluding hydrogens is 505 g/mol. The van der Waals surface area contributed by atoms with Gasteiger partial charge in [0.25, 0.3) is 0 Å². The Morgan fingerprint density at radius 3 is 2.22 bits per heavy atom. The Morgan fingerprint density at radius 2 is 1.28 bits per heavy atom. The number of rotatable bonds is 2. The van der Waals surface area contributed by atoms with E-state index in [0.29, 0.717) is 14.5 Å². The van der Waals surface area contributed by atoms with Crippen LogP contribution in [-0.4, -0.2) is 28.9 Å². The van der Waals surface area contributed by atoms with Crippen LogP contribution in [0.3, 0.4) is 0 Å². The Hall–Kier alpha value is -4.24. The zero-order chi connectivity index (χ0) is 23.6. The van der Waals surface area contributed by atoms with Gasteiger partial charge in [0.1, 0.15) is 0 Å². The fourth-order valence-electron chi connectivity index (χ4n) is 5.30. The molecule has 0 radical (unpaired) electrons. The van der Waals surface area contributed by atoms with Crippen molar-refractivity contribution in [2.24, 2.45) is 0 Å². The van der Waals surface area contributed by atoms with Crippen LogP contribution in [0.25, 0.3) is 69.3 Å². The van der Waals surface area contributed by atoms with Gasteiger partial charge in [0.2, 0.25) is 0 Å². The third-order valence-electron chi connectivity index (χ3n) is 7.01. The predicted octanol–water partition coefficient (Wildman–Crippen LogP) is 7.73. The monoisotopic (exact) mass is 525 g/mol. The average molecular weight is 524 g/mol. The van der Waals surface area contributed by atoms with Gasteiger partial charge in [-0.1, -0.05) is 6.07 Å². The van der Waals surface area contributed by atoms with Gasteiger partial charge in [-0.15, -0.1) is 0 Å². The molecule has 0 aliphatic rings. The number of nitrogens with zero attached hydrogens (tertiary/aromatic N) is 3. The number of fused-ring (bicyclic) bond motifs is 8. The van der Waals surface area contributed by atoms with Gasteiger partial charge in [-0.3, -0.25) is 0 Å². The van der Waals surface area contributed by atoms with Gasteiger partial charge in [0, 0.05) is 0 Å². The molecule has 0 unspecified atom stereocenters. The Bertz CT molecular complexity index is 2120. The van der Waals surface area contributed by atoms with E-state index in [1.807, 2.05) is 24.4 Å².